The molecule has 0 atom stereocenters. The van der Waals surface area contributed by atoms with Crippen LogP contribution in [-0.4, -0.2) is 60.2 Å². The molecule has 2 rings (SSSR count). The Balaban J connectivity index is 0.00000364. The minimum absolute atomic E-state index is 0. The third-order valence-corrected chi connectivity index (χ3v) is 4.05. The number of piperazine rings is 1. The summed E-state index contributed by atoms with van der Waals surface area (Å²) in [7, 11) is 0. The molecule has 7 nitrogen and oxygen atoms in total. The van der Waals surface area contributed by atoms with Gasteiger partial charge in [-0.05, 0) is 27.7 Å². The summed E-state index contributed by atoms with van der Waals surface area (Å²) < 4.78 is 12.4. The maximum atomic E-state index is 12.1. The number of amides is 1. The van der Waals surface area contributed by atoms with Crippen LogP contribution in [0.15, 0.2) is 24.4 Å². The van der Waals surface area contributed by atoms with Gasteiger partial charge in [-0.2, -0.15) is 4.57 Å². The van der Waals surface area contributed by atoms with Gasteiger partial charge in [-0.1, -0.05) is 6.07 Å². The molecule has 1 fully saturated rings. The first-order chi connectivity index (χ1) is 12.3. The van der Waals surface area contributed by atoms with Gasteiger partial charge in [-0.15, -0.1) is 0 Å². The van der Waals surface area contributed by atoms with Gasteiger partial charge in [-0.3, -0.25) is 4.90 Å². The van der Waals surface area contributed by atoms with Crippen LogP contribution in [0.2, 0.25) is 0 Å². The van der Waals surface area contributed by atoms with E-state index in [-0.39, 0.29) is 35.6 Å². The quantitative estimate of drug-likeness (QED) is 0.413. The van der Waals surface area contributed by atoms with Crippen molar-refractivity contribution in [2.45, 2.75) is 46.4 Å². The average Bonchev–Trinajstić information content (AvgIpc) is 2.56. The molecule has 27 heavy (non-hydrogen) atoms. The molecule has 2 heterocycles. The van der Waals surface area contributed by atoms with Gasteiger partial charge in [0.05, 0.1) is 13.2 Å². The van der Waals surface area contributed by atoms with E-state index in [4.69, 9.17) is 9.47 Å². The first-order valence-corrected chi connectivity index (χ1v) is 9.11. The van der Waals surface area contributed by atoms with Gasteiger partial charge < -0.3 is 31.4 Å². The fourth-order valence-corrected chi connectivity index (χ4v) is 2.80. The molecule has 0 unspecified atom stereocenters. The summed E-state index contributed by atoms with van der Waals surface area (Å²) in [6.07, 6.45) is 1.64. The number of halogens is 1. The summed E-state index contributed by atoms with van der Waals surface area (Å²) in [5.41, 5.74) is 0.572. The van der Waals surface area contributed by atoms with E-state index in [2.05, 4.69) is 4.90 Å². The highest BCUT2D eigenvalue weighted by molar-refractivity contribution is 5.68. The van der Waals surface area contributed by atoms with Crippen molar-refractivity contribution in [3.63, 3.8) is 0 Å². The minimum Gasteiger partial charge on any atom is -1.00 e. The molecule has 1 aliphatic rings. The second-order valence-corrected chi connectivity index (χ2v) is 7.37. The van der Waals surface area contributed by atoms with E-state index in [9.17, 15) is 9.59 Å². The van der Waals surface area contributed by atoms with E-state index < -0.39 is 5.60 Å². The van der Waals surface area contributed by atoms with E-state index >= 15 is 0 Å². The molecule has 0 aliphatic carbocycles. The first-order valence-electron chi connectivity index (χ1n) is 9.11. The van der Waals surface area contributed by atoms with E-state index in [0.29, 0.717) is 19.7 Å². The lowest BCUT2D eigenvalue weighted by molar-refractivity contribution is -0.694. The lowest BCUT2D eigenvalue weighted by Gasteiger charge is -2.35. The number of hydrogen-bond acceptors (Lipinski definition) is 5. The van der Waals surface area contributed by atoms with Crippen LogP contribution in [0, 0.1) is 0 Å². The number of pyridine rings is 1. The summed E-state index contributed by atoms with van der Waals surface area (Å²) in [6, 6.07) is 5.89. The molecule has 152 valence electrons. The van der Waals surface area contributed by atoms with Gasteiger partial charge in [-0.25, -0.2) is 9.59 Å². The molecular formula is C19H30BrN3O4. The molecule has 0 bridgehead atoms. The predicted octanol–water partition coefficient (Wildman–Crippen LogP) is -1.41. The Bertz CT molecular complexity index is 626. The van der Waals surface area contributed by atoms with Crippen LogP contribution < -0.4 is 21.5 Å². The van der Waals surface area contributed by atoms with E-state index in [0.717, 1.165) is 25.3 Å². The van der Waals surface area contributed by atoms with Crippen molar-refractivity contribution in [2.24, 2.45) is 0 Å². The van der Waals surface area contributed by atoms with Crippen molar-refractivity contribution in [2.75, 3.05) is 32.8 Å². The zero-order chi connectivity index (χ0) is 19.2. The molecule has 0 spiro atoms. The monoisotopic (exact) mass is 443 g/mol. The normalized spacial score (nSPS) is 15.0. The Morgan fingerprint density at radius 2 is 1.81 bits per heavy atom. The van der Waals surface area contributed by atoms with E-state index in [1.165, 1.54) is 0 Å². The average molecular weight is 444 g/mol. The first kappa shape index (κ1) is 23.4. The molecule has 8 heteroatoms. The number of carbonyl (C=O) groups is 2. The van der Waals surface area contributed by atoms with Crippen LogP contribution in [0.4, 0.5) is 4.79 Å². The zero-order valence-electron chi connectivity index (χ0n) is 16.6. The van der Waals surface area contributed by atoms with Gasteiger partial charge in [0, 0.05) is 38.3 Å². The smallest absolute Gasteiger partial charge is 0.410 e. The van der Waals surface area contributed by atoms with Crippen LogP contribution in [0.3, 0.4) is 0 Å². The Kier molecular flexibility index (Phi) is 9.18. The lowest BCUT2D eigenvalue weighted by Crippen LogP contribution is -3.00. The van der Waals surface area contributed by atoms with Crippen molar-refractivity contribution >= 4 is 12.1 Å². The summed E-state index contributed by atoms with van der Waals surface area (Å²) in [4.78, 5) is 27.9. The third kappa shape index (κ3) is 7.84. The van der Waals surface area contributed by atoms with E-state index in [1.54, 1.807) is 11.8 Å². The maximum absolute atomic E-state index is 12.1. The molecule has 1 aromatic heterocycles. The largest absolute Gasteiger partial charge is 1.00 e. The number of aromatic nitrogens is 1. The van der Waals surface area contributed by atoms with Crippen LogP contribution >= 0.6 is 0 Å². The third-order valence-electron chi connectivity index (χ3n) is 4.05. The van der Waals surface area contributed by atoms with Crippen LogP contribution in [-0.2, 0) is 27.4 Å². The second-order valence-electron chi connectivity index (χ2n) is 7.37. The Morgan fingerprint density at radius 3 is 2.41 bits per heavy atom. The molecule has 1 amide bonds. The molecule has 1 aromatic rings. The zero-order valence-corrected chi connectivity index (χ0v) is 18.2. The van der Waals surface area contributed by atoms with Gasteiger partial charge in [0.25, 0.3) is 0 Å². The Morgan fingerprint density at radius 1 is 1.15 bits per heavy atom. The molecule has 1 aliphatic heterocycles. The van der Waals surface area contributed by atoms with Gasteiger partial charge in [0.2, 0.25) is 6.54 Å². The predicted molar refractivity (Wildman–Crippen MR) is 96.4 cm³/mol. The number of ether oxygens (including phenoxy) is 2. The van der Waals surface area contributed by atoms with Crippen molar-refractivity contribution in [1.82, 2.24) is 9.80 Å². The lowest BCUT2D eigenvalue weighted by atomic mass is 10.2. The summed E-state index contributed by atoms with van der Waals surface area (Å²) >= 11 is 0. The number of carbonyl (C=O) groups excluding carboxylic acids is 2. The van der Waals surface area contributed by atoms with Gasteiger partial charge in [0.15, 0.2) is 11.9 Å². The maximum Gasteiger partial charge on any atom is 0.410 e. The fourth-order valence-electron chi connectivity index (χ4n) is 2.80. The van der Waals surface area contributed by atoms with Gasteiger partial charge in [0.1, 0.15) is 5.60 Å². The number of hydrogen-bond donors (Lipinski definition) is 0. The Hall–Kier alpha value is -1.67. The molecular weight excluding hydrogens is 414 g/mol. The minimum atomic E-state index is -0.475. The summed E-state index contributed by atoms with van der Waals surface area (Å²) in [6.45, 7) is 11.6. The molecule has 0 N–H and O–H groups in total. The fraction of sp³-hybridized carbons (Fsp3) is 0.632. The number of nitrogens with zero attached hydrogens (tertiary/aromatic N) is 3. The SMILES string of the molecule is CCOC(=O)C[n+]1ccccc1CN1CCN(C(=O)OC(C)(C)C)CC1.[Br-]. The van der Waals surface area contributed by atoms with Crippen LogP contribution in [0.5, 0.6) is 0 Å². The van der Waals surface area contributed by atoms with E-state index in [1.807, 2.05) is 49.7 Å². The standard InChI is InChI=1S/C19H30N3O4.BrH/c1-5-25-17(23)15-22-9-7-6-8-16(22)14-20-10-12-21(13-11-20)18(24)26-19(2,3)4;/h6-9H,5,10-15H2,1-4H3;1H/q+1;/p-1. The molecule has 1 saturated heterocycles. The molecule has 0 radical (unpaired) electrons. The number of esters is 1. The highest BCUT2D eigenvalue weighted by Crippen LogP contribution is 2.12. The molecule has 0 aromatic carbocycles. The summed E-state index contributed by atoms with van der Waals surface area (Å²) in [5.74, 6) is -0.236. The number of rotatable bonds is 5. The van der Waals surface area contributed by atoms with Crippen molar-refractivity contribution < 1.29 is 40.6 Å². The van der Waals surface area contributed by atoms with Crippen LogP contribution in [0.25, 0.3) is 0 Å². The van der Waals surface area contributed by atoms with Crippen LogP contribution in [0.1, 0.15) is 33.4 Å². The Labute approximate surface area is 172 Å². The highest BCUT2D eigenvalue weighted by Gasteiger charge is 2.27. The molecule has 0 saturated carbocycles. The highest BCUT2D eigenvalue weighted by atomic mass is 79.9. The van der Waals surface area contributed by atoms with Gasteiger partial charge >= 0.3 is 12.1 Å². The van der Waals surface area contributed by atoms with Crippen molar-refractivity contribution in [1.29, 1.82) is 0 Å². The van der Waals surface area contributed by atoms with Crippen molar-refractivity contribution in [3.8, 4) is 0 Å². The van der Waals surface area contributed by atoms with Crippen molar-refractivity contribution in [3.05, 3.63) is 30.1 Å². The second kappa shape index (κ2) is 10.6. The topological polar surface area (TPSA) is 63.0 Å². The summed E-state index contributed by atoms with van der Waals surface area (Å²) in [5, 5.41) is 0.